The molecular weight excluding hydrogens is 286 g/mol. The molecule has 0 radical (unpaired) electrons. The molecule has 1 N–H and O–H groups in total. The lowest BCUT2D eigenvalue weighted by molar-refractivity contribution is -0.119. The molecule has 0 atom stereocenters. The van der Waals surface area contributed by atoms with E-state index in [1.165, 1.54) is 19.2 Å². The minimum Gasteiger partial charge on any atom is -0.345 e. The molecule has 0 aliphatic rings. The Morgan fingerprint density at radius 2 is 2.00 bits per heavy atom. The molecule has 1 rings (SSSR count). The highest BCUT2D eigenvalue weighted by Gasteiger charge is 2.32. The Bertz CT molecular complexity index is 446. The van der Waals surface area contributed by atoms with Gasteiger partial charge in [0.1, 0.15) is 6.54 Å². The van der Waals surface area contributed by atoms with Crippen LogP contribution < -0.4 is 10.2 Å². The average molecular weight is 307 g/mol. The number of pyridine rings is 1. The number of alkyl halides is 3. The van der Waals surface area contributed by atoms with Crippen molar-refractivity contribution in [1.29, 1.82) is 0 Å². The zero-order valence-corrected chi connectivity index (χ0v) is 12.5. The highest BCUT2D eigenvalue weighted by molar-refractivity contribution is 5.43. The summed E-state index contributed by atoms with van der Waals surface area (Å²) in [6.45, 7) is 5.37. The van der Waals surface area contributed by atoms with E-state index in [-0.39, 0.29) is 18.9 Å². The molecule has 0 aliphatic heterocycles. The Hall–Kier alpha value is -1.37. The van der Waals surface area contributed by atoms with Gasteiger partial charge in [0, 0.05) is 24.8 Å². The molecule has 3 nitrogen and oxygen atoms in total. The molecule has 1 heterocycles. The fraction of sp³-hybridized carbons (Fsp3) is 0.643. The van der Waals surface area contributed by atoms with Gasteiger partial charge in [0.25, 0.3) is 0 Å². The summed E-state index contributed by atoms with van der Waals surface area (Å²) < 4.78 is 51.8. The predicted octanol–water partition coefficient (Wildman–Crippen LogP) is 3.35. The quantitative estimate of drug-likeness (QED) is 0.783. The summed E-state index contributed by atoms with van der Waals surface area (Å²) in [4.78, 5) is 4.65. The zero-order chi connectivity index (χ0) is 16.0. The van der Waals surface area contributed by atoms with E-state index in [4.69, 9.17) is 0 Å². The Morgan fingerprint density at radius 1 is 1.33 bits per heavy atom. The Kier molecular flexibility index (Phi) is 6.39. The van der Waals surface area contributed by atoms with Crippen LogP contribution in [0.2, 0.25) is 0 Å². The van der Waals surface area contributed by atoms with Crippen molar-refractivity contribution in [3.05, 3.63) is 23.6 Å². The van der Waals surface area contributed by atoms with Crippen LogP contribution in [0, 0.1) is 11.7 Å². The van der Waals surface area contributed by atoms with Crippen LogP contribution in [0.4, 0.5) is 23.4 Å². The van der Waals surface area contributed by atoms with Gasteiger partial charge in [-0.1, -0.05) is 13.8 Å². The summed E-state index contributed by atoms with van der Waals surface area (Å²) in [7, 11) is 0. The standard InChI is InChI=1S/C14H21F4N3/c1-4-21(9-14(16,17)18)13-12(15)11(5-6-20-13)8-19-7-10(2)3/h5-6,10,19H,4,7-9H2,1-3H3. The molecule has 21 heavy (non-hydrogen) atoms. The van der Waals surface area contributed by atoms with E-state index < -0.39 is 18.5 Å². The number of nitrogens with zero attached hydrogens (tertiary/aromatic N) is 2. The molecule has 0 aromatic carbocycles. The molecule has 0 saturated carbocycles. The van der Waals surface area contributed by atoms with Crippen LogP contribution in [0.1, 0.15) is 26.3 Å². The summed E-state index contributed by atoms with van der Waals surface area (Å²) in [6.07, 6.45) is -3.06. The SMILES string of the molecule is CCN(CC(F)(F)F)c1nccc(CNCC(C)C)c1F. The second-order valence-corrected chi connectivity index (χ2v) is 5.26. The number of rotatable bonds is 7. The van der Waals surface area contributed by atoms with Crippen molar-refractivity contribution >= 4 is 5.82 Å². The Balaban J connectivity index is 2.87. The third-order valence-electron chi connectivity index (χ3n) is 2.87. The number of nitrogens with one attached hydrogen (secondary N) is 1. The minimum absolute atomic E-state index is 0.0340. The molecule has 0 fully saturated rings. The van der Waals surface area contributed by atoms with Crippen molar-refractivity contribution in [2.75, 3.05) is 24.5 Å². The minimum atomic E-state index is -4.39. The molecular formula is C14H21F4N3. The number of hydrogen-bond donors (Lipinski definition) is 1. The summed E-state index contributed by atoms with van der Waals surface area (Å²) >= 11 is 0. The topological polar surface area (TPSA) is 28.2 Å². The lowest BCUT2D eigenvalue weighted by Gasteiger charge is -2.24. The first-order valence-corrected chi connectivity index (χ1v) is 6.90. The molecule has 7 heteroatoms. The van der Waals surface area contributed by atoms with Gasteiger partial charge in [-0.3, -0.25) is 0 Å². The van der Waals surface area contributed by atoms with Crippen LogP contribution in [0.25, 0.3) is 0 Å². The molecule has 120 valence electrons. The monoisotopic (exact) mass is 307 g/mol. The molecule has 0 saturated heterocycles. The number of aromatic nitrogens is 1. The second kappa shape index (κ2) is 7.59. The van der Waals surface area contributed by atoms with E-state index in [0.29, 0.717) is 18.0 Å². The molecule has 1 aromatic rings. The van der Waals surface area contributed by atoms with Crippen LogP contribution in [-0.4, -0.2) is 30.8 Å². The lowest BCUT2D eigenvalue weighted by atomic mass is 10.2. The van der Waals surface area contributed by atoms with Crippen molar-refractivity contribution in [2.24, 2.45) is 5.92 Å². The van der Waals surface area contributed by atoms with Crippen LogP contribution in [-0.2, 0) is 6.54 Å². The molecule has 0 spiro atoms. The fourth-order valence-electron chi connectivity index (χ4n) is 1.88. The first-order valence-electron chi connectivity index (χ1n) is 6.90. The van der Waals surface area contributed by atoms with Crippen LogP contribution in [0.5, 0.6) is 0 Å². The van der Waals surface area contributed by atoms with Gasteiger partial charge in [-0.05, 0) is 25.5 Å². The summed E-state index contributed by atoms with van der Waals surface area (Å²) in [5.41, 5.74) is 0.321. The molecule has 0 unspecified atom stereocenters. The van der Waals surface area contributed by atoms with E-state index in [9.17, 15) is 17.6 Å². The average Bonchev–Trinajstić information content (AvgIpc) is 2.37. The molecule has 0 amide bonds. The van der Waals surface area contributed by atoms with Crippen molar-refractivity contribution < 1.29 is 17.6 Å². The van der Waals surface area contributed by atoms with Gasteiger partial charge in [-0.15, -0.1) is 0 Å². The van der Waals surface area contributed by atoms with E-state index in [0.717, 1.165) is 4.90 Å². The van der Waals surface area contributed by atoms with E-state index in [1.807, 2.05) is 13.8 Å². The normalized spacial score (nSPS) is 12.0. The largest absolute Gasteiger partial charge is 0.405 e. The van der Waals surface area contributed by atoms with E-state index in [1.54, 1.807) is 0 Å². The van der Waals surface area contributed by atoms with Crippen molar-refractivity contribution in [1.82, 2.24) is 10.3 Å². The van der Waals surface area contributed by atoms with E-state index in [2.05, 4.69) is 10.3 Å². The molecule has 0 aliphatic carbocycles. The Morgan fingerprint density at radius 3 is 2.52 bits per heavy atom. The number of halogens is 4. The number of anilines is 1. The van der Waals surface area contributed by atoms with Crippen LogP contribution in [0.15, 0.2) is 12.3 Å². The maximum Gasteiger partial charge on any atom is 0.405 e. The predicted molar refractivity (Wildman–Crippen MR) is 74.7 cm³/mol. The first kappa shape index (κ1) is 17.7. The lowest BCUT2D eigenvalue weighted by Crippen LogP contribution is -2.35. The van der Waals surface area contributed by atoms with Gasteiger partial charge in [0.2, 0.25) is 0 Å². The third-order valence-corrected chi connectivity index (χ3v) is 2.87. The van der Waals surface area contributed by atoms with Crippen molar-refractivity contribution in [2.45, 2.75) is 33.5 Å². The first-order chi connectivity index (χ1) is 9.74. The summed E-state index contributed by atoms with van der Waals surface area (Å²) in [6, 6.07) is 1.48. The van der Waals surface area contributed by atoms with Gasteiger partial charge in [-0.25, -0.2) is 9.37 Å². The van der Waals surface area contributed by atoms with E-state index >= 15 is 0 Å². The Labute approximate surface area is 122 Å². The second-order valence-electron chi connectivity index (χ2n) is 5.26. The van der Waals surface area contributed by atoms with Gasteiger partial charge in [0.15, 0.2) is 11.6 Å². The number of hydrogen-bond acceptors (Lipinski definition) is 3. The molecule has 0 bridgehead atoms. The fourth-order valence-corrected chi connectivity index (χ4v) is 1.88. The van der Waals surface area contributed by atoms with Crippen LogP contribution in [0.3, 0.4) is 0 Å². The third kappa shape index (κ3) is 5.87. The van der Waals surface area contributed by atoms with Crippen molar-refractivity contribution in [3.8, 4) is 0 Å². The molecule has 1 aromatic heterocycles. The highest BCUT2D eigenvalue weighted by Crippen LogP contribution is 2.24. The van der Waals surface area contributed by atoms with Gasteiger partial charge in [-0.2, -0.15) is 13.2 Å². The van der Waals surface area contributed by atoms with Crippen LogP contribution >= 0.6 is 0 Å². The maximum absolute atomic E-state index is 14.3. The van der Waals surface area contributed by atoms with Gasteiger partial charge in [0.05, 0.1) is 0 Å². The summed E-state index contributed by atoms with van der Waals surface area (Å²) in [5, 5.41) is 3.07. The highest BCUT2D eigenvalue weighted by atomic mass is 19.4. The van der Waals surface area contributed by atoms with Crippen molar-refractivity contribution in [3.63, 3.8) is 0 Å². The summed E-state index contributed by atoms with van der Waals surface area (Å²) in [5.74, 6) is -0.537. The smallest absolute Gasteiger partial charge is 0.345 e. The van der Waals surface area contributed by atoms with Gasteiger partial charge >= 0.3 is 6.18 Å². The van der Waals surface area contributed by atoms with Gasteiger partial charge < -0.3 is 10.2 Å². The zero-order valence-electron chi connectivity index (χ0n) is 12.5. The maximum atomic E-state index is 14.3.